The van der Waals surface area contributed by atoms with Gasteiger partial charge in [-0.15, -0.1) is 0 Å². The van der Waals surface area contributed by atoms with E-state index in [4.69, 9.17) is 11.6 Å². The molecular formula is C15H13ClN2. The van der Waals surface area contributed by atoms with Gasteiger partial charge in [-0.3, -0.25) is 0 Å². The van der Waals surface area contributed by atoms with Crippen molar-refractivity contribution in [1.29, 1.82) is 0 Å². The number of halogens is 1. The number of pyridine rings is 1. The zero-order valence-corrected chi connectivity index (χ0v) is 11.0. The molecule has 0 saturated carbocycles. The fraction of sp³-hybridized carbons (Fsp3) is 0.133. The van der Waals surface area contributed by atoms with Gasteiger partial charge in [0.05, 0.1) is 11.0 Å². The number of nitrogens with zero attached hydrogens (tertiary/aromatic N) is 1. The van der Waals surface area contributed by atoms with Crippen LogP contribution in [0.2, 0.25) is 5.02 Å². The summed E-state index contributed by atoms with van der Waals surface area (Å²) in [6.45, 7) is 2.12. The van der Waals surface area contributed by atoms with Crippen molar-refractivity contribution in [1.82, 2.24) is 4.98 Å². The highest BCUT2D eigenvalue weighted by Gasteiger charge is 2.06. The first-order valence-electron chi connectivity index (χ1n) is 5.86. The molecule has 0 spiro atoms. The van der Waals surface area contributed by atoms with Gasteiger partial charge in [0.15, 0.2) is 0 Å². The van der Waals surface area contributed by atoms with Crippen LogP contribution in [-0.4, -0.2) is 12.0 Å². The van der Waals surface area contributed by atoms with Gasteiger partial charge in [-0.05, 0) is 42.8 Å². The maximum absolute atomic E-state index is 6.02. The largest absolute Gasteiger partial charge is 0.388 e. The number of anilines is 1. The third kappa shape index (κ3) is 1.70. The molecule has 3 heteroatoms. The van der Waals surface area contributed by atoms with Crippen LogP contribution in [0.3, 0.4) is 0 Å². The van der Waals surface area contributed by atoms with Crippen molar-refractivity contribution in [3.8, 4) is 0 Å². The normalized spacial score (nSPS) is 11.1. The quantitative estimate of drug-likeness (QED) is 0.653. The van der Waals surface area contributed by atoms with Crippen LogP contribution < -0.4 is 5.32 Å². The summed E-state index contributed by atoms with van der Waals surface area (Å²) in [7, 11) is 1.92. The molecule has 0 aliphatic carbocycles. The summed E-state index contributed by atoms with van der Waals surface area (Å²) >= 11 is 6.02. The number of benzene rings is 2. The maximum Gasteiger partial charge on any atom is 0.0727 e. The zero-order valence-electron chi connectivity index (χ0n) is 10.3. The first-order valence-corrected chi connectivity index (χ1v) is 6.24. The Labute approximate surface area is 111 Å². The van der Waals surface area contributed by atoms with E-state index in [-0.39, 0.29) is 0 Å². The van der Waals surface area contributed by atoms with Gasteiger partial charge in [0, 0.05) is 28.5 Å². The van der Waals surface area contributed by atoms with Crippen LogP contribution in [-0.2, 0) is 0 Å². The average Bonchev–Trinajstić information content (AvgIpc) is 2.38. The number of rotatable bonds is 1. The minimum Gasteiger partial charge on any atom is -0.388 e. The molecule has 0 fully saturated rings. The summed E-state index contributed by atoms with van der Waals surface area (Å²) in [6, 6.07) is 12.1. The van der Waals surface area contributed by atoms with Gasteiger partial charge in [0.2, 0.25) is 0 Å². The lowest BCUT2D eigenvalue weighted by molar-refractivity contribution is 1.44. The van der Waals surface area contributed by atoms with E-state index in [1.54, 1.807) is 0 Å². The monoisotopic (exact) mass is 256 g/mol. The lowest BCUT2D eigenvalue weighted by atomic mass is 10.0. The van der Waals surface area contributed by atoms with Crippen molar-refractivity contribution in [3.63, 3.8) is 0 Å². The van der Waals surface area contributed by atoms with Crippen LogP contribution >= 0.6 is 11.6 Å². The molecule has 0 saturated heterocycles. The molecule has 1 aromatic heterocycles. The number of aryl methyl sites for hydroxylation is 1. The van der Waals surface area contributed by atoms with Crippen molar-refractivity contribution in [2.24, 2.45) is 0 Å². The van der Waals surface area contributed by atoms with E-state index in [2.05, 4.69) is 23.3 Å². The highest BCUT2D eigenvalue weighted by Crippen LogP contribution is 2.28. The van der Waals surface area contributed by atoms with Crippen molar-refractivity contribution in [3.05, 3.63) is 47.0 Å². The molecule has 0 bridgehead atoms. The second-order valence-corrected chi connectivity index (χ2v) is 4.82. The summed E-state index contributed by atoms with van der Waals surface area (Å²) in [5.41, 5.74) is 4.29. The molecule has 2 aromatic carbocycles. The van der Waals surface area contributed by atoms with Gasteiger partial charge in [-0.1, -0.05) is 17.7 Å². The fourth-order valence-corrected chi connectivity index (χ4v) is 2.45. The predicted molar refractivity (Wildman–Crippen MR) is 78.5 cm³/mol. The minimum absolute atomic E-state index is 0.723. The molecule has 0 aliphatic rings. The predicted octanol–water partition coefficient (Wildman–Crippen LogP) is 4.39. The molecule has 18 heavy (non-hydrogen) atoms. The Morgan fingerprint density at radius 1 is 1.00 bits per heavy atom. The Kier molecular flexibility index (Phi) is 2.60. The first-order chi connectivity index (χ1) is 8.69. The SMILES string of the molecule is CNc1ccc2nc3cc(Cl)ccc3c(C)c2c1. The van der Waals surface area contributed by atoms with Crippen LogP contribution in [0.15, 0.2) is 36.4 Å². The fourth-order valence-electron chi connectivity index (χ4n) is 2.28. The highest BCUT2D eigenvalue weighted by atomic mass is 35.5. The molecule has 0 amide bonds. The van der Waals surface area contributed by atoms with Gasteiger partial charge >= 0.3 is 0 Å². The Balaban J connectivity index is 2.44. The van der Waals surface area contributed by atoms with Gasteiger partial charge in [-0.2, -0.15) is 0 Å². The van der Waals surface area contributed by atoms with Crippen LogP contribution in [0, 0.1) is 6.92 Å². The second kappa shape index (κ2) is 4.14. The Hall–Kier alpha value is -1.80. The molecule has 3 aromatic rings. The standard InChI is InChI=1S/C15H13ClN2/c1-9-12-5-3-10(16)7-15(12)18-14-6-4-11(17-2)8-13(9)14/h3-8,17H,1-2H3. The lowest BCUT2D eigenvalue weighted by Crippen LogP contribution is -1.91. The van der Waals surface area contributed by atoms with Gasteiger partial charge in [0.1, 0.15) is 0 Å². The maximum atomic E-state index is 6.02. The summed E-state index contributed by atoms with van der Waals surface area (Å²) in [5, 5.41) is 6.21. The van der Waals surface area contributed by atoms with Crippen LogP contribution in [0.25, 0.3) is 21.8 Å². The van der Waals surface area contributed by atoms with Gasteiger partial charge in [0.25, 0.3) is 0 Å². The summed E-state index contributed by atoms with van der Waals surface area (Å²) < 4.78 is 0. The summed E-state index contributed by atoms with van der Waals surface area (Å²) in [4.78, 5) is 4.66. The van der Waals surface area contributed by atoms with E-state index >= 15 is 0 Å². The second-order valence-electron chi connectivity index (χ2n) is 4.38. The van der Waals surface area contributed by atoms with Crippen molar-refractivity contribution < 1.29 is 0 Å². The van der Waals surface area contributed by atoms with Crippen LogP contribution in [0.5, 0.6) is 0 Å². The molecule has 0 radical (unpaired) electrons. The molecule has 0 atom stereocenters. The minimum atomic E-state index is 0.723. The summed E-state index contributed by atoms with van der Waals surface area (Å²) in [6.07, 6.45) is 0. The Morgan fingerprint density at radius 2 is 1.83 bits per heavy atom. The van der Waals surface area contributed by atoms with Gasteiger partial charge in [-0.25, -0.2) is 4.98 Å². The molecule has 2 nitrogen and oxygen atoms in total. The van der Waals surface area contributed by atoms with E-state index < -0.39 is 0 Å². The number of aromatic nitrogens is 1. The number of fused-ring (bicyclic) bond motifs is 2. The number of hydrogen-bond donors (Lipinski definition) is 1. The number of hydrogen-bond acceptors (Lipinski definition) is 2. The van der Waals surface area contributed by atoms with Gasteiger partial charge < -0.3 is 5.32 Å². The van der Waals surface area contributed by atoms with Crippen LogP contribution in [0.1, 0.15) is 5.56 Å². The Bertz CT molecular complexity index is 750. The van der Waals surface area contributed by atoms with E-state index in [9.17, 15) is 0 Å². The van der Waals surface area contributed by atoms with E-state index in [1.165, 1.54) is 10.9 Å². The molecule has 3 rings (SSSR count). The van der Waals surface area contributed by atoms with Crippen molar-refractivity contribution in [2.75, 3.05) is 12.4 Å². The molecular weight excluding hydrogens is 244 g/mol. The Morgan fingerprint density at radius 3 is 2.61 bits per heavy atom. The summed E-state index contributed by atoms with van der Waals surface area (Å²) in [5.74, 6) is 0. The smallest absolute Gasteiger partial charge is 0.0727 e. The lowest BCUT2D eigenvalue weighted by Gasteiger charge is -2.09. The van der Waals surface area contributed by atoms with E-state index in [1.807, 2.05) is 37.4 Å². The third-order valence-electron chi connectivity index (χ3n) is 3.29. The van der Waals surface area contributed by atoms with E-state index in [0.717, 1.165) is 27.1 Å². The van der Waals surface area contributed by atoms with Crippen LogP contribution in [0.4, 0.5) is 5.69 Å². The van der Waals surface area contributed by atoms with Crippen molar-refractivity contribution in [2.45, 2.75) is 6.92 Å². The average molecular weight is 257 g/mol. The molecule has 0 aliphatic heterocycles. The number of nitrogens with one attached hydrogen (secondary N) is 1. The van der Waals surface area contributed by atoms with Crippen molar-refractivity contribution >= 4 is 39.1 Å². The topological polar surface area (TPSA) is 24.9 Å². The first kappa shape index (κ1) is 11.3. The van der Waals surface area contributed by atoms with E-state index in [0.29, 0.717) is 0 Å². The molecule has 1 N–H and O–H groups in total. The third-order valence-corrected chi connectivity index (χ3v) is 3.53. The zero-order chi connectivity index (χ0) is 12.7. The molecule has 90 valence electrons. The molecule has 1 heterocycles. The highest BCUT2D eigenvalue weighted by molar-refractivity contribution is 6.31. The molecule has 0 unspecified atom stereocenters.